The van der Waals surface area contributed by atoms with Gasteiger partial charge in [-0.15, -0.1) is 24.0 Å². The zero-order valence-corrected chi connectivity index (χ0v) is 19.9. The van der Waals surface area contributed by atoms with Crippen molar-refractivity contribution in [3.8, 4) is 17.2 Å². The van der Waals surface area contributed by atoms with Crippen LogP contribution in [0.15, 0.2) is 17.1 Å². The second kappa shape index (κ2) is 12.9. The van der Waals surface area contributed by atoms with Crippen LogP contribution in [0.25, 0.3) is 0 Å². The van der Waals surface area contributed by atoms with Crippen LogP contribution in [0, 0.1) is 5.92 Å². The molecule has 0 radical (unpaired) electrons. The van der Waals surface area contributed by atoms with Gasteiger partial charge in [-0.05, 0) is 25.2 Å². The van der Waals surface area contributed by atoms with Gasteiger partial charge in [0.2, 0.25) is 0 Å². The fourth-order valence-corrected chi connectivity index (χ4v) is 2.85. The third-order valence-corrected chi connectivity index (χ3v) is 4.67. The van der Waals surface area contributed by atoms with Crippen LogP contribution >= 0.6 is 24.0 Å². The summed E-state index contributed by atoms with van der Waals surface area (Å²) in [6.45, 7) is 3.12. The first-order valence-electron chi connectivity index (χ1n) is 9.41. The molecule has 1 aromatic carbocycles. The smallest absolute Gasteiger partial charge is 0.193 e. The summed E-state index contributed by atoms with van der Waals surface area (Å²) < 4.78 is 22.0. The maximum atomic E-state index is 5.71. The summed E-state index contributed by atoms with van der Waals surface area (Å²) >= 11 is 0. The highest BCUT2D eigenvalue weighted by molar-refractivity contribution is 14.0. The van der Waals surface area contributed by atoms with E-state index in [0.717, 1.165) is 48.5 Å². The molecule has 0 spiro atoms. The van der Waals surface area contributed by atoms with E-state index in [4.69, 9.17) is 18.9 Å². The van der Waals surface area contributed by atoms with Gasteiger partial charge in [0.25, 0.3) is 0 Å². The number of guanidine groups is 1. The van der Waals surface area contributed by atoms with Crippen LogP contribution in [0.2, 0.25) is 0 Å². The van der Waals surface area contributed by atoms with E-state index in [2.05, 4.69) is 15.2 Å². The minimum atomic E-state index is 0. The Bertz CT molecular complexity index is 598. The van der Waals surface area contributed by atoms with Crippen LogP contribution < -0.4 is 19.5 Å². The number of benzene rings is 1. The number of halogens is 1. The van der Waals surface area contributed by atoms with E-state index in [1.165, 1.54) is 12.8 Å². The maximum absolute atomic E-state index is 5.71. The number of ether oxygens (including phenoxy) is 4. The number of methoxy groups -OCH3 is 3. The standard InChI is InChI=1S/C20H33N3O4.HI/c1-21-20(23(2)10-11-27-14-15-6-7-15)22-9-8-17-18(25-4)12-16(24-3)13-19(17)26-5;/h12-13,15H,6-11,14H2,1-5H3,(H,21,22);1H. The SMILES string of the molecule is CN=C(NCCc1c(OC)cc(OC)cc1OC)N(C)CCOCC1CC1.I. The second-order valence-electron chi connectivity index (χ2n) is 6.67. The highest BCUT2D eigenvalue weighted by Crippen LogP contribution is 2.34. The molecule has 8 heteroatoms. The van der Waals surface area contributed by atoms with Crippen LogP contribution in [-0.2, 0) is 11.2 Å². The van der Waals surface area contributed by atoms with Crippen molar-refractivity contribution in [2.75, 3.05) is 61.7 Å². The molecule has 1 fully saturated rings. The van der Waals surface area contributed by atoms with Crippen molar-refractivity contribution in [1.29, 1.82) is 0 Å². The molecular formula is C20H34IN3O4. The number of aliphatic imine (C=N–C) groups is 1. The molecule has 0 unspecified atom stereocenters. The number of nitrogens with one attached hydrogen (secondary N) is 1. The number of rotatable bonds is 11. The molecular weight excluding hydrogens is 473 g/mol. The second-order valence-corrected chi connectivity index (χ2v) is 6.67. The largest absolute Gasteiger partial charge is 0.496 e. The molecule has 0 amide bonds. The molecule has 1 aliphatic carbocycles. The van der Waals surface area contributed by atoms with Crippen molar-refractivity contribution in [2.24, 2.45) is 10.9 Å². The molecule has 0 saturated heterocycles. The molecule has 0 bridgehead atoms. The van der Waals surface area contributed by atoms with Gasteiger partial charge >= 0.3 is 0 Å². The molecule has 160 valence electrons. The fraction of sp³-hybridized carbons (Fsp3) is 0.650. The monoisotopic (exact) mass is 507 g/mol. The van der Waals surface area contributed by atoms with Gasteiger partial charge in [-0.25, -0.2) is 0 Å². The van der Waals surface area contributed by atoms with Gasteiger partial charge < -0.3 is 29.2 Å². The van der Waals surface area contributed by atoms with Gasteiger partial charge in [0.05, 0.1) is 27.9 Å². The molecule has 1 N–H and O–H groups in total. The molecule has 0 atom stereocenters. The first-order chi connectivity index (χ1) is 13.1. The average molecular weight is 507 g/mol. The predicted octanol–water partition coefficient (Wildman–Crippen LogP) is 2.81. The Morgan fingerprint density at radius 3 is 2.29 bits per heavy atom. The zero-order chi connectivity index (χ0) is 19.6. The van der Waals surface area contributed by atoms with Crippen molar-refractivity contribution in [3.63, 3.8) is 0 Å². The fourth-order valence-electron chi connectivity index (χ4n) is 2.85. The van der Waals surface area contributed by atoms with Gasteiger partial charge in [-0.1, -0.05) is 0 Å². The van der Waals surface area contributed by atoms with Gasteiger partial charge in [0.15, 0.2) is 5.96 Å². The van der Waals surface area contributed by atoms with Gasteiger partial charge in [-0.3, -0.25) is 4.99 Å². The predicted molar refractivity (Wildman–Crippen MR) is 123 cm³/mol. The van der Waals surface area contributed by atoms with E-state index in [9.17, 15) is 0 Å². The first-order valence-corrected chi connectivity index (χ1v) is 9.41. The summed E-state index contributed by atoms with van der Waals surface area (Å²) in [6, 6.07) is 3.74. The lowest BCUT2D eigenvalue weighted by molar-refractivity contribution is 0.115. The minimum absolute atomic E-state index is 0. The Hall–Kier alpha value is -1.42. The van der Waals surface area contributed by atoms with Gasteiger partial charge in [0.1, 0.15) is 17.2 Å². The van der Waals surface area contributed by atoms with Crippen molar-refractivity contribution in [1.82, 2.24) is 10.2 Å². The van der Waals surface area contributed by atoms with Crippen molar-refractivity contribution < 1.29 is 18.9 Å². The number of hydrogen-bond acceptors (Lipinski definition) is 5. The van der Waals surface area contributed by atoms with Crippen LogP contribution in [0.4, 0.5) is 0 Å². The zero-order valence-electron chi connectivity index (χ0n) is 17.6. The van der Waals surface area contributed by atoms with E-state index in [-0.39, 0.29) is 24.0 Å². The van der Waals surface area contributed by atoms with Crippen LogP contribution in [0.5, 0.6) is 17.2 Å². The third kappa shape index (κ3) is 7.54. The van der Waals surface area contributed by atoms with Crippen molar-refractivity contribution >= 4 is 29.9 Å². The molecule has 1 saturated carbocycles. The highest BCUT2D eigenvalue weighted by atomic mass is 127. The number of hydrogen-bond donors (Lipinski definition) is 1. The van der Waals surface area contributed by atoms with Gasteiger partial charge in [-0.2, -0.15) is 0 Å². The molecule has 0 heterocycles. The molecule has 1 aliphatic rings. The van der Waals surface area contributed by atoms with Crippen molar-refractivity contribution in [3.05, 3.63) is 17.7 Å². The lowest BCUT2D eigenvalue weighted by Gasteiger charge is -2.22. The maximum Gasteiger partial charge on any atom is 0.193 e. The van der Waals surface area contributed by atoms with E-state index in [1.54, 1.807) is 28.4 Å². The number of nitrogens with zero attached hydrogens (tertiary/aromatic N) is 2. The summed E-state index contributed by atoms with van der Waals surface area (Å²) in [4.78, 5) is 6.43. The lowest BCUT2D eigenvalue weighted by atomic mass is 10.1. The summed E-state index contributed by atoms with van der Waals surface area (Å²) in [6.07, 6.45) is 3.37. The molecule has 7 nitrogen and oxygen atoms in total. The summed E-state index contributed by atoms with van der Waals surface area (Å²) in [5, 5.41) is 3.39. The third-order valence-electron chi connectivity index (χ3n) is 4.67. The van der Waals surface area contributed by atoms with E-state index >= 15 is 0 Å². The van der Waals surface area contributed by atoms with E-state index < -0.39 is 0 Å². The van der Waals surface area contributed by atoms with Crippen LogP contribution in [-0.4, -0.2) is 72.6 Å². The molecule has 2 rings (SSSR count). The quantitative estimate of drug-likeness (QED) is 0.215. The number of likely N-dealkylation sites (N-methyl/N-ethyl adjacent to an activating group) is 1. The van der Waals surface area contributed by atoms with Crippen LogP contribution in [0.1, 0.15) is 18.4 Å². The topological polar surface area (TPSA) is 64.6 Å². The van der Waals surface area contributed by atoms with E-state index in [1.807, 2.05) is 19.2 Å². The Kier molecular flexibility index (Phi) is 11.4. The molecule has 0 aliphatic heterocycles. The van der Waals surface area contributed by atoms with Crippen LogP contribution in [0.3, 0.4) is 0 Å². The average Bonchev–Trinajstić information content (AvgIpc) is 3.52. The molecule has 1 aromatic rings. The van der Waals surface area contributed by atoms with E-state index in [0.29, 0.717) is 18.9 Å². The summed E-state index contributed by atoms with van der Waals surface area (Å²) in [5.41, 5.74) is 0.999. The Balaban J connectivity index is 0.00000392. The molecule has 28 heavy (non-hydrogen) atoms. The normalized spacial score (nSPS) is 13.5. The Morgan fingerprint density at radius 2 is 1.79 bits per heavy atom. The summed E-state index contributed by atoms with van der Waals surface area (Å²) in [5.74, 6) is 3.86. The Morgan fingerprint density at radius 1 is 1.14 bits per heavy atom. The summed E-state index contributed by atoms with van der Waals surface area (Å²) in [7, 11) is 8.74. The van der Waals surface area contributed by atoms with Crippen molar-refractivity contribution in [2.45, 2.75) is 19.3 Å². The lowest BCUT2D eigenvalue weighted by Crippen LogP contribution is -2.41. The molecule has 0 aromatic heterocycles. The van der Waals surface area contributed by atoms with Gasteiger partial charge in [0, 0.05) is 51.5 Å². The highest BCUT2D eigenvalue weighted by Gasteiger charge is 2.21. The minimum Gasteiger partial charge on any atom is -0.496 e. The first kappa shape index (κ1) is 24.6. The Labute approximate surface area is 185 Å².